The molecule has 1 fully saturated rings. The van der Waals surface area contributed by atoms with Gasteiger partial charge in [-0.15, -0.1) is 0 Å². The van der Waals surface area contributed by atoms with Gasteiger partial charge in [0.25, 0.3) is 11.9 Å². The Hall–Kier alpha value is -3.49. The predicted molar refractivity (Wildman–Crippen MR) is 89.5 cm³/mol. The number of amides is 1. The lowest BCUT2D eigenvalue weighted by molar-refractivity contribution is -0.131. The molecule has 0 unspecified atom stereocenters. The third-order valence-electron chi connectivity index (χ3n) is 3.37. The van der Waals surface area contributed by atoms with Crippen LogP contribution < -0.4 is 15.4 Å². The monoisotopic (exact) mass is 341 g/mol. The van der Waals surface area contributed by atoms with E-state index in [-0.39, 0.29) is 17.6 Å². The predicted octanol–water partition coefficient (Wildman–Crippen LogP) is 1.01. The standard InChI is InChI=1S/C16H15N5O4/c1-3-25-9-4-5-11-10(6-9)8(2)17-15(18-11)21-16-19-12(7-13(22)23)14(24)20-16/h4-7H,3H2,1-2H3,(H,22,23)(H2,17,18,19,20,21,24)/b12-7-. The number of hydrogen-bond donors (Lipinski definition) is 3. The number of carboxylic acid groups (broad SMARTS) is 1. The third kappa shape index (κ3) is 3.55. The maximum atomic E-state index is 11.6. The van der Waals surface area contributed by atoms with Gasteiger partial charge in [0, 0.05) is 5.39 Å². The zero-order valence-corrected chi connectivity index (χ0v) is 13.5. The number of nitrogens with one attached hydrogen (secondary N) is 2. The number of hydrogen-bond acceptors (Lipinski definition) is 6. The van der Waals surface area contributed by atoms with Crippen LogP contribution in [-0.4, -0.2) is 39.5 Å². The van der Waals surface area contributed by atoms with Crippen molar-refractivity contribution in [2.45, 2.75) is 13.8 Å². The second-order valence-corrected chi connectivity index (χ2v) is 5.16. The molecule has 2 heterocycles. The lowest BCUT2D eigenvalue weighted by Crippen LogP contribution is -2.24. The second-order valence-electron chi connectivity index (χ2n) is 5.16. The lowest BCUT2D eigenvalue weighted by atomic mass is 10.2. The number of nitrogens with zero attached hydrogens (tertiary/aromatic N) is 3. The fraction of sp³-hybridized carbons (Fsp3) is 0.188. The van der Waals surface area contributed by atoms with Gasteiger partial charge in [-0.05, 0) is 32.0 Å². The number of aliphatic carboxylic acids is 1. The van der Waals surface area contributed by atoms with Crippen LogP contribution in [0.2, 0.25) is 0 Å². The van der Waals surface area contributed by atoms with E-state index in [1.807, 2.05) is 19.9 Å². The summed E-state index contributed by atoms with van der Waals surface area (Å²) in [4.78, 5) is 35.1. The summed E-state index contributed by atoms with van der Waals surface area (Å²) in [6.45, 7) is 4.29. The van der Waals surface area contributed by atoms with Crippen molar-refractivity contribution in [2.24, 2.45) is 4.99 Å². The number of aromatic nitrogens is 2. The summed E-state index contributed by atoms with van der Waals surface area (Å²) in [6, 6.07) is 5.46. The van der Waals surface area contributed by atoms with Gasteiger partial charge in [0.15, 0.2) is 0 Å². The van der Waals surface area contributed by atoms with Crippen molar-refractivity contribution in [1.29, 1.82) is 0 Å². The molecular weight excluding hydrogens is 326 g/mol. The molecule has 25 heavy (non-hydrogen) atoms. The summed E-state index contributed by atoms with van der Waals surface area (Å²) in [6.07, 6.45) is 0.764. The number of aryl methyl sites for hydroxylation is 1. The zero-order chi connectivity index (χ0) is 18.0. The molecule has 1 aromatic carbocycles. The summed E-state index contributed by atoms with van der Waals surface area (Å²) < 4.78 is 5.47. The highest BCUT2D eigenvalue weighted by Crippen LogP contribution is 2.23. The average molecular weight is 341 g/mol. The molecule has 0 atom stereocenters. The van der Waals surface area contributed by atoms with E-state index in [0.717, 1.165) is 17.2 Å². The topological polar surface area (TPSA) is 126 Å². The summed E-state index contributed by atoms with van der Waals surface area (Å²) in [5, 5.41) is 14.6. The van der Waals surface area contributed by atoms with Crippen LogP contribution in [0.25, 0.3) is 10.9 Å². The highest BCUT2D eigenvalue weighted by Gasteiger charge is 2.23. The van der Waals surface area contributed by atoms with Gasteiger partial charge in [-0.25, -0.2) is 14.8 Å². The maximum Gasteiger partial charge on any atom is 0.330 e. The largest absolute Gasteiger partial charge is 0.494 e. The first-order valence-electron chi connectivity index (χ1n) is 7.49. The van der Waals surface area contributed by atoms with Crippen molar-refractivity contribution in [1.82, 2.24) is 20.6 Å². The molecule has 1 amide bonds. The zero-order valence-electron chi connectivity index (χ0n) is 13.5. The number of carbonyl (C=O) groups excluding carboxylic acids is 1. The molecule has 1 aliphatic rings. The quantitative estimate of drug-likeness (QED) is 0.709. The average Bonchev–Trinajstić information content (AvgIpc) is 2.87. The van der Waals surface area contributed by atoms with Crippen LogP contribution in [0.1, 0.15) is 12.6 Å². The Morgan fingerprint density at radius 2 is 2.16 bits per heavy atom. The Kier molecular flexibility index (Phi) is 4.29. The first-order chi connectivity index (χ1) is 12.0. The molecule has 1 aromatic heterocycles. The smallest absolute Gasteiger partial charge is 0.330 e. The van der Waals surface area contributed by atoms with Crippen LogP contribution in [0.4, 0.5) is 5.95 Å². The molecule has 0 aliphatic carbocycles. The number of benzene rings is 1. The number of fused-ring (bicyclic) bond motifs is 1. The van der Waals surface area contributed by atoms with Crippen LogP contribution in [0.15, 0.2) is 35.0 Å². The minimum absolute atomic E-state index is 0.0715. The van der Waals surface area contributed by atoms with Crippen molar-refractivity contribution >= 4 is 34.7 Å². The number of guanidine groups is 1. The first-order valence-corrected chi connectivity index (χ1v) is 7.49. The van der Waals surface area contributed by atoms with Gasteiger partial charge in [-0.1, -0.05) is 0 Å². The van der Waals surface area contributed by atoms with Crippen molar-refractivity contribution in [2.75, 3.05) is 6.61 Å². The molecule has 3 N–H and O–H groups in total. The Morgan fingerprint density at radius 3 is 2.88 bits per heavy atom. The highest BCUT2D eigenvalue weighted by molar-refractivity contribution is 6.15. The van der Waals surface area contributed by atoms with Gasteiger partial charge in [0.05, 0.1) is 23.9 Å². The van der Waals surface area contributed by atoms with E-state index in [4.69, 9.17) is 9.84 Å². The van der Waals surface area contributed by atoms with Crippen molar-refractivity contribution in [3.63, 3.8) is 0 Å². The number of ether oxygens (including phenoxy) is 1. The van der Waals surface area contributed by atoms with E-state index >= 15 is 0 Å². The van der Waals surface area contributed by atoms with E-state index in [0.29, 0.717) is 17.8 Å². The van der Waals surface area contributed by atoms with Gasteiger partial charge < -0.3 is 15.2 Å². The fourth-order valence-corrected chi connectivity index (χ4v) is 2.32. The molecular formula is C16H15N5O4. The van der Waals surface area contributed by atoms with E-state index in [9.17, 15) is 9.59 Å². The van der Waals surface area contributed by atoms with Crippen LogP contribution in [0.5, 0.6) is 5.75 Å². The lowest BCUT2D eigenvalue weighted by Gasteiger charge is -2.07. The van der Waals surface area contributed by atoms with E-state index in [2.05, 4.69) is 25.6 Å². The molecule has 0 radical (unpaired) electrons. The molecule has 1 saturated heterocycles. The molecule has 0 spiro atoms. The van der Waals surface area contributed by atoms with Gasteiger partial charge in [0.1, 0.15) is 11.4 Å². The highest BCUT2D eigenvalue weighted by atomic mass is 16.5. The summed E-state index contributed by atoms with van der Waals surface area (Å²) in [7, 11) is 0. The van der Waals surface area contributed by atoms with Gasteiger partial charge in [-0.3, -0.25) is 10.1 Å². The minimum atomic E-state index is -1.23. The molecule has 2 aromatic rings. The number of rotatable bonds is 4. The molecule has 3 rings (SSSR count). The van der Waals surface area contributed by atoms with Gasteiger partial charge in [-0.2, -0.15) is 4.99 Å². The van der Waals surface area contributed by atoms with E-state index in [1.165, 1.54) is 0 Å². The summed E-state index contributed by atoms with van der Waals surface area (Å²) in [5.74, 6) is -0.869. The van der Waals surface area contributed by atoms with Gasteiger partial charge in [0.2, 0.25) is 5.96 Å². The number of aliphatic imine (C=N–C) groups is 1. The molecule has 1 aliphatic heterocycles. The minimum Gasteiger partial charge on any atom is -0.494 e. The Labute approximate surface area is 142 Å². The van der Waals surface area contributed by atoms with E-state index in [1.54, 1.807) is 12.1 Å². The second kappa shape index (κ2) is 6.56. The normalized spacial score (nSPS) is 17.0. The fourth-order valence-electron chi connectivity index (χ4n) is 2.32. The Bertz CT molecular complexity index is 936. The Balaban J connectivity index is 1.93. The first kappa shape index (κ1) is 16.4. The molecule has 128 valence electrons. The molecule has 0 bridgehead atoms. The number of carbonyl (C=O) groups is 2. The third-order valence-corrected chi connectivity index (χ3v) is 3.37. The van der Waals surface area contributed by atoms with Gasteiger partial charge >= 0.3 is 5.97 Å². The molecule has 9 heteroatoms. The van der Waals surface area contributed by atoms with Crippen molar-refractivity contribution in [3.8, 4) is 5.75 Å². The molecule has 0 saturated carbocycles. The van der Waals surface area contributed by atoms with Crippen LogP contribution in [0.3, 0.4) is 0 Å². The van der Waals surface area contributed by atoms with Crippen LogP contribution >= 0.6 is 0 Å². The number of carboxylic acids is 1. The SMILES string of the molecule is CCOc1ccc2nc(/N=C3/NC(=O)/C(=C/C(=O)O)N3)nc(C)c2c1. The Morgan fingerprint density at radius 1 is 1.36 bits per heavy atom. The van der Waals surface area contributed by atoms with Crippen LogP contribution in [-0.2, 0) is 9.59 Å². The van der Waals surface area contributed by atoms with E-state index < -0.39 is 11.9 Å². The summed E-state index contributed by atoms with van der Waals surface area (Å²) in [5.41, 5.74) is 1.28. The maximum absolute atomic E-state index is 11.6. The molecule has 9 nitrogen and oxygen atoms in total. The van der Waals surface area contributed by atoms with Crippen molar-refractivity contribution in [3.05, 3.63) is 35.7 Å². The van der Waals surface area contributed by atoms with Crippen molar-refractivity contribution < 1.29 is 19.4 Å². The van der Waals surface area contributed by atoms with Crippen LogP contribution in [0, 0.1) is 6.92 Å². The summed E-state index contributed by atoms with van der Waals surface area (Å²) >= 11 is 0.